The number of aromatic nitrogens is 4. The first kappa shape index (κ1) is 16.1. The monoisotopic (exact) mass is 367 g/mol. The zero-order valence-corrected chi connectivity index (χ0v) is 14.4. The Morgan fingerprint density at radius 2 is 1.78 bits per heavy atom. The highest BCUT2D eigenvalue weighted by molar-refractivity contribution is 6.43. The van der Waals surface area contributed by atoms with Crippen LogP contribution in [0.2, 0.25) is 15.1 Å². The predicted octanol–water partition coefficient (Wildman–Crippen LogP) is 4.54. The maximum atomic E-state index is 6.24. The van der Waals surface area contributed by atoms with Crippen LogP contribution in [0, 0.1) is 6.92 Å². The van der Waals surface area contributed by atoms with Gasteiger partial charge >= 0.3 is 0 Å². The van der Waals surface area contributed by atoms with Gasteiger partial charge in [-0.15, -0.1) is 0 Å². The molecule has 23 heavy (non-hydrogen) atoms. The van der Waals surface area contributed by atoms with Gasteiger partial charge in [0, 0.05) is 11.6 Å². The van der Waals surface area contributed by atoms with Crippen LogP contribution in [-0.2, 0) is 6.54 Å². The largest absolute Gasteiger partial charge is 0.349 e. The quantitative estimate of drug-likeness (QED) is 0.734. The second-order valence-electron chi connectivity index (χ2n) is 4.88. The summed E-state index contributed by atoms with van der Waals surface area (Å²) in [6.45, 7) is 2.49. The third-order valence-corrected chi connectivity index (χ3v) is 4.57. The molecular weight excluding hydrogens is 357 g/mol. The second-order valence-corrected chi connectivity index (χ2v) is 6.07. The minimum Gasteiger partial charge on any atom is -0.349 e. The van der Waals surface area contributed by atoms with Gasteiger partial charge < -0.3 is 5.32 Å². The van der Waals surface area contributed by atoms with Gasteiger partial charge in [-0.2, -0.15) is 4.68 Å². The molecule has 0 saturated heterocycles. The molecule has 0 atom stereocenters. The number of nitrogens with one attached hydrogen (secondary N) is 1. The van der Waals surface area contributed by atoms with Crippen LogP contribution in [0.15, 0.2) is 36.4 Å². The molecule has 0 unspecified atom stereocenters. The van der Waals surface area contributed by atoms with Gasteiger partial charge in [0.05, 0.1) is 15.7 Å². The molecule has 0 bridgehead atoms. The fourth-order valence-corrected chi connectivity index (χ4v) is 2.84. The van der Waals surface area contributed by atoms with Gasteiger partial charge in [-0.3, -0.25) is 0 Å². The Balaban J connectivity index is 1.89. The molecule has 0 aliphatic rings. The number of anilines is 1. The fourth-order valence-electron chi connectivity index (χ4n) is 2.17. The van der Waals surface area contributed by atoms with E-state index in [0.29, 0.717) is 33.2 Å². The van der Waals surface area contributed by atoms with Crippen LogP contribution >= 0.6 is 34.8 Å². The molecule has 0 aliphatic heterocycles. The zero-order chi connectivity index (χ0) is 16.4. The molecule has 0 spiro atoms. The number of nitrogens with zero attached hydrogens (tertiary/aromatic N) is 4. The van der Waals surface area contributed by atoms with E-state index < -0.39 is 0 Å². The minimum absolute atomic E-state index is 0.387. The van der Waals surface area contributed by atoms with Crippen molar-refractivity contribution in [1.29, 1.82) is 0 Å². The summed E-state index contributed by atoms with van der Waals surface area (Å²) < 4.78 is 1.50. The summed E-state index contributed by atoms with van der Waals surface area (Å²) in [5.41, 5.74) is 2.67. The molecule has 3 rings (SSSR count). The predicted molar refractivity (Wildman–Crippen MR) is 92.7 cm³/mol. The lowest BCUT2D eigenvalue weighted by atomic mass is 10.1. The SMILES string of the molecule is Cc1cccc(Cl)c1CNc1nnnn1-c1cccc(Cl)c1Cl. The molecule has 0 amide bonds. The maximum Gasteiger partial charge on any atom is 0.248 e. The van der Waals surface area contributed by atoms with Crippen LogP contribution in [0.5, 0.6) is 0 Å². The van der Waals surface area contributed by atoms with Gasteiger partial charge in [0.25, 0.3) is 0 Å². The van der Waals surface area contributed by atoms with E-state index in [1.807, 2.05) is 25.1 Å². The third kappa shape index (κ3) is 3.27. The van der Waals surface area contributed by atoms with Gasteiger partial charge in [0.1, 0.15) is 0 Å². The van der Waals surface area contributed by atoms with E-state index in [9.17, 15) is 0 Å². The van der Waals surface area contributed by atoms with E-state index in [1.54, 1.807) is 18.2 Å². The van der Waals surface area contributed by atoms with Gasteiger partial charge in [-0.05, 0) is 46.7 Å². The molecule has 5 nitrogen and oxygen atoms in total. The standard InChI is InChI=1S/C15H12Cl3N5/c1-9-4-2-5-11(16)10(9)8-19-15-20-21-22-23(15)13-7-3-6-12(17)14(13)18/h2-7H,8H2,1H3,(H,19,20,22). The second kappa shape index (κ2) is 6.74. The summed E-state index contributed by atoms with van der Waals surface area (Å²) in [4.78, 5) is 0. The van der Waals surface area contributed by atoms with Gasteiger partial charge in [-0.25, -0.2) is 0 Å². The molecule has 2 aromatic carbocycles. The van der Waals surface area contributed by atoms with E-state index in [-0.39, 0.29) is 0 Å². The lowest BCUT2D eigenvalue weighted by Gasteiger charge is -2.11. The maximum absolute atomic E-state index is 6.24. The topological polar surface area (TPSA) is 55.6 Å². The van der Waals surface area contributed by atoms with Gasteiger partial charge in [0.15, 0.2) is 0 Å². The Kier molecular flexibility index (Phi) is 4.71. The smallest absolute Gasteiger partial charge is 0.248 e. The molecule has 8 heteroatoms. The highest BCUT2D eigenvalue weighted by Gasteiger charge is 2.14. The van der Waals surface area contributed by atoms with Crippen molar-refractivity contribution in [1.82, 2.24) is 20.2 Å². The van der Waals surface area contributed by atoms with Crippen molar-refractivity contribution in [3.05, 3.63) is 62.6 Å². The van der Waals surface area contributed by atoms with Crippen LogP contribution in [0.1, 0.15) is 11.1 Å². The van der Waals surface area contributed by atoms with Crippen molar-refractivity contribution >= 4 is 40.8 Å². The summed E-state index contributed by atoms with van der Waals surface area (Å²) in [5.74, 6) is 0.452. The summed E-state index contributed by atoms with van der Waals surface area (Å²) in [6, 6.07) is 11.0. The number of halogens is 3. The fraction of sp³-hybridized carbons (Fsp3) is 0.133. The van der Waals surface area contributed by atoms with Crippen molar-refractivity contribution in [2.45, 2.75) is 13.5 Å². The zero-order valence-electron chi connectivity index (χ0n) is 12.1. The van der Waals surface area contributed by atoms with Crippen LogP contribution < -0.4 is 5.32 Å². The number of benzene rings is 2. The average Bonchev–Trinajstić information content (AvgIpc) is 2.98. The van der Waals surface area contributed by atoms with Gasteiger partial charge in [-0.1, -0.05) is 58.1 Å². The number of hydrogen-bond acceptors (Lipinski definition) is 4. The van der Waals surface area contributed by atoms with E-state index in [2.05, 4.69) is 20.8 Å². The van der Waals surface area contributed by atoms with Crippen LogP contribution in [0.25, 0.3) is 5.69 Å². The lowest BCUT2D eigenvalue weighted by Crippen LogP contribution is -2.09. The highest BCUT2D eigenvalue weighted by Crippen LogP contribution is 2.29. The van der Waals surface area contributed by atoms with E-state index in [4.69, 9.17) is 34.8 Å². The molecule has 1 aromatic heterocycles. The van der Waals surface area contributed by atoms with E-state index >= 15 is 0 Å². The first-order valence-corrected chi connectivity index (χ1v) is 7.92. The van der Waals surface area contributed by atoms with E-state index in [1.165, 1.54) is 4.68 Å². The van der Waals surface area contributed by atoms with Crippen molar-refractivity contribution in [3.8, 4) is 5.69 Å². The van der Waals surface area contributed by atoms with Gasteiger partial charge in [0.2, 0.25) is 5.95 Å². The minimum atomic E-state index is 0.387. The summed E-state index contributed by atoms with van der Waals surface area (Å²) in [7, 11) is 0. The Labute approximate surface area is 148 Å². The number of hydrogen-bond donors (Lipinski definition) is 1. The summed E-state index contributed by atoms with van der Waals surface area (Å²) >= 11 is 18.5. The third-order valence-electron chi connectivity index (χ3n) is 3.41. The lowest BCUT2D eigenvalue weighted by molar-refractivity contribution is 0.789. The van der Waals surface area contributed by atoms with Crippen molar-refractivity contribution in [3.63, 3.8) is 0 Å². The Hall–Kier alpha value is -1.82. The van der Waals surface area contributed by atoms with Crippen LogP contribution in [0.3, 0.4) is 0 Å². The van der Waals surface area contributed by atoms with Crippen molar-refractivity contribution in [2.75, 3.05) is 5.32 Å². The molecule has 0 saturated carbocycles. The number of tetrazole rings is 1. The summed E-state index contributed by atoms with van der Waals surface area (Å²) in [6.07, 6.45) is 0. The first-order chi connectivity index (χ1) is 11.1. The molecule has 0 fully saturated rings. The Morgan fingerprint density at radius 3 is 2.57 bits per heavy atom. The normalized spacial score (nSPS) is 10.8. The Morgan fingerprint density at radius 1 is 1.04 bits per heavy atom. The van der Waals surface area contributed by atoms with Crippen LogP contribution in [0.4, 0.5) is 5.95 Å². The first-order valence-electron chi connectivity index (χ1n) is 6.78. The van der Waals surface area contributed by atoms with E-state index in [0.717, 1.165) is 11.1 Å². The Bertz CT molecular complexity index is 827. The highest BCUT2D eigenvalue weighted by atomic mass is 35.5. The molecule has 1 heterocycles. The molecular formula is C15H12Cl3N5. The molecule has 118 valence electrons. The molecule has 1 N–H and O–H groups in total. The van der Waals surface area contributed by atoms with Crippen molar-refractivity contribution < 1.29 is 0 Å². The molecule has 0 radical (unpaired) electrons. The number of aryl methyl sites for hydroxylation is 1. The number of rotatable bonds is 4. The van der Waals surface area contributed by atoms with Crippen molar-refractivity contribution in [2.24, 2.45) is 0 Å². The molecule has 0 aliphatic carbocycles. The molecule has 3 aromatic rings. The summed E-state index contributed by atoms with van der Waals surface area (Å²) in [5, 5.41) is 16.3. The average molecular weight is 369 g/mol. The van der Waals surface area contributed by atoms with Crippen LogP contribution in [-0.4, -0.2) is 20.2 Å².